The lowest BCUT2D eigenvalue weighted by molar-refractivity contribution is -0.0147. The summed E-state index contributed by atoms with van der Waals surface area (Å²) in [4.78, 5) is 0. The molecule has 2 saturated heterocycles. The minimum absolute atomic E-state index is 0.556. The van der Waals surface area contributed by atoms with Crippen LogP contribution in [-0.4, -0.2) is 12.2 Å². The van der Waals surface area contributed by atoms with Gasteiger partial charge in [0.05, 0.1) is 12.2 Å². The average Bonchev–Trinajstić information content (AvgIpc) is 2.80. The largest absolute Gasteiger partial charge is 0.374 e. The van der Waals surface area contributed by atoms with Crippen LogP contribution in [0.3, 0.4) is 0 Å². The van der Waals surface area contributed by atoms with E-state index in [-0.39, 0.29) is 0 Å². The molecule has 0 N–H and O–H groups in total. The van der Waals surface area contributed by atoms with Gasteiger partial charge in [-0.1, -0.05) is 53.9 Å². The van der Waals surface area contributed by atoms with E-state index in [0.29, 0.717) is 12.2 Å². The number of hydrogen-bond donors (Lipinski definition) is 0. The molecular weight excluding hydrogens is 256 g/mol. The second-order valence-electron chi connectivity index (χ2n) is 9.01. The van der Waals surface area contributed by atoms with Crippen LogP contribution in [0.25, 0.3) is 0 Å². The van der Waals surface area contributed by atoms with Gasteiger partial charge in [-0.3, -0.25) is 0 Å². The highest BCUT2D eigenvalue weighted by molar-refractivity contribution is 5.01. The summed E-state index contributed by atoms with van der Waals surface area (Å²) in [5.74, 6) is 5.91. The van der Waals surface area contributed by atoms with E-state index < -0.39 is 0 Å². The van der Waals surface area contributed by atoms with E-state index in [0.717, 1.165) is 41.4 Å². The highest BCUT2D eigenvalue weighted by Crippen LogP contribution is 2.54. The molecule has 21 heavy (non-hydrogen) atoms. The number of fused-ring (bicyclic) bond motifs is 5. The van der Waals surface area contributed by atoms with E-state index in [9.17, 15) is 0 Å². The molecule has 1 nitrogen and oxygen atoms in total. The fourth-order valence-corrected chi connectivity index (χ4v) is 5.94. The van der Waals surface area contributed by atoms with E-state index in [1.807, 2.05) is 0 Å². The average molecular weight is 293 g/mol. The zero-order valence-electron chi connectivity index (χ0n) is 14.8. The van der Waals surface area contributed by atoms with E-state index in [1.54, 1.807) is 0 Å². The van der Waals surface area contributed by atoms with Crippen molar-refractivity contribution < 1.29 is 4.74 Å². The van der Waals surface area contributed by atoms with Gasteiger partial charge >= 0.3 is 0 Å². The van der Waals surface area contributed by atoms with Crippen molar-refractivity contribution in [1.82, 2.24) is 0 Å². The number of hydrogen-bond acceptors (Lipinski definition) is 1. The molecule has 8 atom stereocenters. The molecule has 1 saturated carbocycles. The number of ether oxygens (including phenoxy) is 1. The molecule has 2 unspecified atom stereocenters. The minimum Gasteiger partial charge on any atom is -0.374 e. The first-order valence-electron chi connectivity index (χ1n) is 9.64. The third-order valence-electron chi connectivity index (χ3n) is 7.10. The van der Waals surface area contributed by atoms with Gasteiger partial charge in [-0.2, -0.15) is 0 Å². The Morgan fingerprint density at radius 3 is 2.33 bits per heavy atom. The topological polar surface area (TPSA) is 9.23 Å². The molecule has 1 heteroatoms. The molecule has 2 aliphatic heterocycles. The SMILES string of the molecule is CC1CCC[C@H](C)[C@H]2O[C@@H](C1)[C@H]1C(C)CC[C@H](C(C)C)[C@@H]21. The first kappa shape index (κ1) is 15.8. The zero-order valence-corrected chi connectivity index (χ0v) is 14.8. The second-order valence-corrected chi connectivity index (χ2v) is 9.01. The fraction of sp³-hybridized carbons (Fsp3) is 1.00. The van der Waals surface area contributed by atoms with Crippen molar-refractivity contribution in [3.63, 3.8) is 0 Å². The molecule has 2 bridgehead atoms. The molecule has 0 aromatic rings. The van der Waals surface area contributed by atoms with Crippen LogP contribution in [0.1, 0.15) is 73.1 Å². The molecule has 3 rings (SSSR count). The van der Waals surface area contributed by atoms with Crippen LogP contribution in [0.5, 0.6) is 0 Å². The Balaban J connectivity index is 1.91. The van der Waals surface area contributed by atoms with Gasteiger partial charge in [-0.15, -0.1) is 0 Å². The lowest BCUT2D eigenvalue weighted by Crippen LogP contribution is -2.42. The highest BCUT2D eigenvalue weighted by atomic mass is 16.5. The summed E-state index contributed by atoms with van der Waals surface area (Å²) in [5, 5.41) is 0. The first-order chi connectivity index (χ1) is 9.99. The lowest BCUT2D eigenvalue weighted by Gasteiger charge is -2.43. The van der Waals surface area contributed by atoms with Gasteiger partial charge in [0.2, 0.25) is 0 Å². The summed E-state index contributed by atoms with van der Waals surface area (Å²) in [6.45, 7) is 12.3. The van der Waals surface area contributed by atoms with Gasteiger partial charge in [0.1, 0.15) is 0 Å². The van der Waals surface area contributed by atoms with E-state index in [2.05, 4.69) is 34.6 Å². The van der Waals surface area contributed by atoms with E-state index in [1.165, 1.54) is 38.5 Å². The predicted octanol–water partition coefficient (Wildman–Crippen LogP) is 5.53. The van der Waals surface area contributed by atoms with Crippen LogP contribution in [0.4, 0.5) is 0 Å². The van der Waals surface area contributed by atoms with Crippen molar-refractivity contribution in [2.45, 2.75) is 85.4 Å². The second kappa shape index (κ2) is 6.22. The normalized spacial score (nSPS) is 51.1. The summed E-state index contributed by atoms with van der Waals surface area (Å²) in [6, 6.07) is 0. The van der Waals surface area contributed by atoms with Crippen LogP contribution >= 0.6 is 0 Å². The van der Waals surface area contributed by atoms with Crippen LogP contribution in [0.15, 0.2) is 0 Å². The molecule has 0 radical (unpaired) electrons. The quantitative estimate of drug-likeness (QED) is 0.617. The molecule has 3 aliphatic rings. The Labute approximate surface area is 132 Å². The molecule has 0 aromatic heterocycles. The van der Waals surface area contributed by atoms with Gasteiger partial charge in [-0.05, 0) is 60.7 Å². The molecule has 0 spiro atoms. The Morgan fingerprint density at radius 2 is 1.62 bits per heavy atom. The van der Waals surface area contributed by atoms with Crippen molar-refractivity contribution in [1.29, 1.82) is 0 Å². The third-order valence-corrected chi connectivity index (χ3v) is 7.10. The zero-order chi connectivity index (χ0) is 15.1. The van der Waals surface area contributed by atoms with Gasteiger partial charge < -0.3 is 4.74 Å². The lowest BCUT2D eigenvalue weighted by atomic mass is 9.60. The molecule has 0 amide bonds. The maximum Gasteiger partial charge on any atom is 0.0639 e. The Morgan fingerprint density at radius 1 is 0.857 bits per heavy atom. The summed E-state index contributed by atoms with van der Waals surface area (Å²) in [5.41, 5.74) is 0. The van der Waals surface area contributed by atoms with E-state index in [4.69, 9.17) is 4.74 Å². The molecule has 122 valence electrons. The maximum atomic E-state index is 6.76. The summed E-state index contributed by atoms with van der Waals surface area (Å²) in [6.07, 6.45) is 9.51. The van der Waals surface area contributed by atoms with E-state index >= 15 is 0 Å². The Bertz CT molecular complexity index is 350. The molecule has 3 fully saturated rings. The van der Waals surface area contributed by atoms with Crippen LogP contribution < -0.4 is 0 Å². The first-order valence-corrected chi connectivity index (χ1v) is 9.64. The molecular formula is C20H36O. The monoisotopic (exact) mass is 292 g/mol. The molecule has 1 aliphatic carbocycles. The Hall–Kier alpha value is -0.0400. The maximum absolute atomic E-state index is 6.76. The smallest absolute Gasteiger partial charge is 0.0639 e. The summed E-state index contributed by atoms with van der Waals surface area (Å²) < 4.78 is 6.76. The van der Waals surface area contributed by atoms with Gasteiger partial charge in [0.25, 0.3) is 0 Å². The van der Waals surface area contributed by atoms with Crippen LogP contribution in [0, 0.1) is 41.4 Å². The van der Waals surface area contributed by atoms with Crippen molar-refractivity contribution in [3.8, 4) is 0 Å². The fourth-order valence-electron chi connectivity index (χ4n) is 5.94. The summed E-state index contributed by atoms with van der Waals surface area (Å²) in [7, 11) is 0. The minimum atomic E-state index is 0.556. The summed E-state index contributed by atoms with van der Waals surface area (Å²) >= 11 is 0. The number of rotatable bonds is 1. The van der Waals surface area contributed by atoms with Crippen molar-refractivity contribution >= 4 is 0 Å². The Kier molecular flexibility index (Phi) is 4.69. The predicted molar refractivity (Wildman–Crippen MR) is 89.2 cm³/mol. The van der Waals surface area contributed by atoms with Crippen LogP contribution in [0.2, 0.25) is 0 Å². The van der Waals surface area contributed by atoms with Gasteiger partial charge in [0, 0.05) is 0 Å². The molecule has 2 heterocycles. The van der Waals surface area contributed by atoms with Gasteiger partial charge in [0.15, 0.2) is 0 Å². The highest BCUT2D eigenvalue weighted by Gasteiger charge is 2.53. The van der Waals surface area contributed by atoms with Gasteiger partial charge in [-0.25, -0.2) is 0 Å². The van der Waals surface area contributed by atoms with Crippen molar-refractivity contribution in [2.75, 3.05) is 0 Å². The van der Waals surface area contributed by atoms with Crippen molar-refractivity contribution in [2.24, 2.45) is 41.4 Å². The van der Waals surface area contributed by atoms with Crippen LogP contribution in [-0.2, 0) is 4.74 Å². The standard InChI is InChI=1S/C20H36O/c1-12(2)16-10-9-14(4)18-17-11-13(3)7-6-8-15(5)20(21-17)19(16)18/h12-20H,6-11H2,1-5H3/t13?,14?,15-,16+,17-,18+,19+,20+/m0/s1. The third kappa shape index (κ3) is 2.92. The van der Waals surface area contributed by atoms with Crippen molar-refractivity contribution in [3.05, 3.63) is 0 Å². The molecule has 0 aromatic carbocycles.